The summed E-state index contributed by atoms with van der Waals surface area (Å²) in [6, 6.07) is 27.3. The maximum Gasteiger partial charge on any atom is 0.206 e. The van der Waals surface area contributed by atoms with Gasteiger partial charge in [0, 0.05) is 13.5 Å². The molecule has 0 bridgehead atoms. The molecule has 9 heteroatoms. The summed E-state index contributed by atoms with van der Waals surface area (Å²) in [6.07, 6.45) is -1.75. The summed E-state index contributed by atoms with van der Waals surface area (Å²) < 4.78 is 56.0. The number of methoxy groups -OCH3 is 1. The predicted molar refractivity (Wildman–Crippen MR) is 154 cm³/mol. The molecule has 0 amide bonds. The molecule has 218 valence electrons. The van der Waals surface area contributed by atoms with Crippen LogP contribution in [0.5, 0.6) is 0 Å². The van der Waals surface area contributed by atoms with Crippen LogP contribution in [-0.2, 0) is 46.7 Å². The van der Waals surface area contributed by atoms with Gasteiger partial charge in [-0.15, -0.1) is 6.58 Å². The molecule has 4 rings (SSSR count). The first kappa shape index (κ1) is 30.6. The molecule has 3 aromatic carbocycles. The molecule has 1 N–H and O–H groups in total. The molecule has 0 unspecified atom stereocenters. The quantitative estimate of drug-likeness (QED) is 0.215. The lowest BCUT2D eigenvalue weighted by atomic mass is 9.98. The number of hydrogen-bond acceptors (Lipinski definition) is 8. The van der Waals surface area contributed by atoms with E-state index >= 15 is 0 Å². The molecule has 3 aromatic rings. The van der Waals surface area contributed by atoms with E-state index in [1.54, 1.807) is 18.2 Å². The molecule has 0 radical (unpaired) electrons. The number of allylic oxidation sites excluding steroid dienone is 2. The number of hydrogen-bond donors (Lipinski definition) is 1. The molecule has 1 aliphatic rings. The summed E-state index contributed by atoms with van der Waals surface area (Å²) >= 11 is 0. The zero-order valence-electron chi connectivity index (χ0n) is 23.0. The van der Waals surface area contributed by atoms with Gasteiger partial charge in [-0.05, 0) is 23.3 Å². The Hall–Kier alpha value is -3.31. The second kappa shape index (κ2) is 15.1. The van der Waals surface area contributed by atoms with Crippen LogP contribution >= 0.6 is 0 Å². The third-order valence-electron chi connectivity index (χ3n) is 6.64. The van der Waals surface area contributed by atoms with Crippen molar-refractivity contribution in [3.8, 4) is 0 Å². The molecule has 5 atom stereocenters. The van der Waals surface area contributed by atoms with Crippen LogP contribution in [0.4, 0.5) is 0 Å². The topological polar surface area (TPSA) is 101 Å². The van der Waals surface area contributed by atoms with E-state index in [9.17, 15) is 13.5 Å². The summed E-state index contributed by atoms with van der Waals surface area (Å²) in [5, 5.41) is 11.4. The largest absolute Gasteiger partial charge is 0.497 e. The minimum atomic E-state index is -3.80. The Morgan fingerprint density at radius 1 is 0.878 bits per heavy atom. The highest BCUT2D eigenvalue weighted by Gasteiger charge is 2.47. The fourth-order valence-corrected chi connectivity index (χ4v) is 5.82. The smallest absolute Gasteiger partial charge is 0.206 e. The van der Waals surface area contributed by atoms with Crippen LogP contribution < -0.4 is 0 Å². The van der Waals surface area contributed by atoms with E-state index in [2.05, 4.69) is 6.58 Å². The Balaban J connectivity index is 1.51. The number of aliphatic hydroxyl groups excluding tert-OH is 1. The Kier molecular flexibility index (Phi) is 11.3. The molecule has 0 aromatic heterocycles. The lowest BCUT2D eigenvalue weighted by molar-refractivity contribution is -0.314. The van der Waals surface area contributed by atoms with Crippen molar-refractivity contribution in [3.05, 3.63) is 126 Å². The van der Waals surface area contributed by atoms with Gasteiger partial charge in [-0.1, -0.05) is 84.9 Å². The molecule has 0 spiro atoms. The number of ether oxygens (including phenoxy) is 5. The maximum absolute atomic E-state index is 13.1. The average molecular weight is 581 g/mol. The predicted octanol–water partition coefficient (Wildman–Crippen LogP) is 4.80. The molecule has 41 heavy (non-hydrogen) atoms. The van der Waals surface area contributed by atoms with E-state index in [0.717, 1.165) is 11.1 Å². The molecular weight excluding hydrogens is 544 g/mol. The first-order chi connectivity index (χ1) is 19.9. The van der Waals surface area contributed by atoms with Crippen molar-refractivity contribution < 1.29 is 37.2 Å². The van der Waals surface area contributed by atoms with Crippen molar-refractivity contribution in [2.75, 3.05) is 13.7 Å². The van der Waals surface area contributed by atoms with E-state index < -0.39 is 40.5 Å². The Morgan fingerprint density at radius 3 is 1.95 bits per heavy atom. The second-order valence-corrected chi connectivity index (χ2v) is 11.5. The van der Waals surface area contributed by atoms with Gasteiger partial charge in [-0.2, -0.15) is 0 Å². The van der Waals surface area contributed by atoms with Crippen LogP contribution in [0.2, 0.25) is 0 Å². The first-order valence-electron chi connectivity index (χ1n) is 13.3. The van der Waals surface area contributed by atoms with Gasteiger partial charge in [0.1, 0.15) is 31.0 Å². The van der Waals surface area contributed by atoms with Crippen molar-refractivity contribution in [2.45, 2.75) is 55.2 Å². The Bertz CT molecular complexity index is 1350. The number of aliphatic hydroxyl groups is 1. The lowest BCUT2D eigenvalue weighted by Crippen LogP contribution is -2.60. The van der Waals surface area contributed by atoms with Crippen molar-refractivity contribution in [1.82, 2.24) is 0 Å². The van der Waals surface area contributed by atoms with Crippen LogP contribution in [0, 0.1) is 0 Å². The van der Waals surface area contributed by atoms with Crippen LogP contribution in [-0.4, -0.2) is 57.9 Å². The standard InChI is InChI=1S/C32H36O8S/c1-3-13-27(41(34,35)26-18-11-6-12-19-26)22-37-23-28-29(33)30(38-20-24-14-7-4-8-15-24)31(32(36-2)40-28)39-21-25-16-9-5-10-17-25/h3-12,14-19,22,28-33H,1,13,20-21,23H2,2H3/b27-22+/t28-,29-,30+,31-,32+/m1/s1. The third kappa shape index (κ3) is 8.13. The highest BCUT2D eigenvalue weighted by Crippen LogP contribution is 2.29. The second-order valence-electron chi connectivity index (χ2n) is 9.52. The van der Waals surface area contributed by atoms with Crippen molar-refractivity contribution in [1.29, 1.82) is 0 Å². The van der Waals surface area contributed by atoms with Gasteiger partial charge >= 0.3 is 0 Å². The fraction of sp³-hybridized carbons (Fsp3) is 0.312. The van der Waals surface area contributed by atoms with Crippen LogP contribution in [0.25, 0.3) is 0 Å². The number of benzene rings is 3. The van der Waals surface area contributed by atoms with E-state index in [4.69, 9.17) is 23.7 Å². The first-order valence-corrected chi connectivity index (χ1v) is 14.8. The van der Waals surface area contributed by atoms with E-state index in [1.807, 2.05) is 60.7 Å². The van der Waals surface area contributed by atoms with Gasteiger partial charge in [0.05, 0.1) is 29.3 Å². The molecule has 0 saturated carbocycles. The molecule has 1 aliphatic heterocycles. The van der Waals surface area contributed by atoms with Gasteiger partial charge in [-0.3, -0.25) is 0 Å². The van der Waals surface area contributed by atoms with Gasteiger partial charge < -0.3 is 28.8 Å². The molecule has 8 nitrogen and oxygen atoms in total. The monoisotopic (exact) mass is 580 g/mol. The van der Waals surface area contributed by atoms with E-state index in [0.29, 0.717) is 0 Å². The molecule has 1 heterocycles. The highest BCUT2D eigenvalue weighted by atomic mass is 32.2. The van der Waals surface area contributed by atoms with E-state index in [-0.39, 0.29) is 36.0 Å². The van der Waals surface area contributed by atoms with Gasteiger partial charge in [0.25, 0.3) is 0 Å². The number of rotatable bonds is 14. The summed E-state index contributed by atoms with van der Waals surface area (Å²) in [4.78, 5) is 0.186. The lowest BCUT2D eigenvalue weighted by Gasteiger charge is -2.43. The van der Waals surface area contributed by atoms with Crippen LogP contribution in [0.15, 0.2) is 120 Å². The fourth-order valence-electron chi connectivity index (χ4n) is 4.47. The normalized spacial score (nSPS) is 23.2. The zero-order valence-corrected chi connectivity index (χ0v) is 23.8. The van der Waals surface area contributed by atoms with Crippen LogP contribution in [0.3, 0.4) is 0 Å². The summed E-state index contributed by atoms with van der Waals surface area (Å²) in [5.74, 6) is 0. The molecular formula is C32H36O8S. The van der Waals surface area contributed by atoms with Crippen molar-refractivity contribution in [2.24, 2.45) is 0 Å². The van der Waals surface area contributed by atoms with Gasteiger partial charge in [0.2, 0.25) is 9.84 Å². The summed E-state index contributed by atoms with van der Waals surface area (Å²) in [5.41, 5.74) is 1.88. The molecule has 1 saturated heterocycles. The summed E-state index contributed by atoms with van der Waals surface area (Å²) in [6.45, 7) is 4.01. The van der Waals surface area contributed by atoms with E-state index in [1.165, 1.54) is 31.6 Å². The highest BCUT2D eigenvalue weighted by molar-refractivity contribution is 7.95. The molecule has 0 aliphatic carbocycles. The Morgan fingerprint density at radius 2 is 1.41 bits per heavy atom. The maximum atomic E-state index is 13.1. The van der Waals surface area contributed by atoms with Crippen molar-refractivity contribution in [3.63, 3.8) is 0 Å². The van der Waals surface area contributed by atoms with Gasteiger partial charge in [0.15, 0.2) is 6.29 Å². The molecule has 1 fully saturated rings. The van der Waals surface area contributed by atoms with Crippen LogP contribution in [0.1, 0.15) is 17.5 Å². The minimum Gasteiger partial charge on any atom is -0.497 e. The van der Waals surface area contributed by atoms with Gasteiger partial charge in [-0.25, -0.2) is 8.42 Å². The average Bonchev–Trinajstić information content (AvgIpc) is 3.01. The Labute approximate surface area is 241 Å². The minimum absolute atomic E-state index is 0.0354. The van der Waals surface area contributed by atoms with Crippen molar-refractivity contribution >= 4 is 9.84 Å². The third-order valence-corrected chi connectivity index (χ3v) is 8.49. The number of sulfone groups is 1. The zero-order chi connectivity index (χ0) is 29.1. The SMILES string of the molecule is C=CC/C(=C\OC[C@H]1O[C@H](OC)[C@H](OCc2ccccc2)[C@@H](OCc2ccccc2)[C@@H]1O)S(=O)(=O)c1ccccc1. The summed E-state index contributed by atoms with van der Waals surface area (Å²) in [7, 11) is -2.31.